The number of esters is 1. The number of nitrogens with zero attached hydrogens (tertiary/aromatic N) is 1. The van der Waals surface area contributed by atoms with Crippen LogP contribution in [-0.4, -0.2) is 40.2 Å². The summed E-state index contributed by atoms with van der Waals surface area (Å²) in [5, 5.41) is 2.47. The van der Waals surface area contributed by atoms with E-state index in [9.17, 15) is 22.4 Å². The summed E-state index contributed by atoms with van der Waals surface area (Å²) >= 11 is 0. The van der Waals surface area contributed by atoms with Crippen molar-refractivity contribution in [3.8, 4) is 0 Å². The van der Waals surface area contributed by atoms with Crippen molar-refractivity contribution in [2.45, 2.75) is 0 Å². The predicted octanol–water partition coefficient (Wildman–Crippen LogP) is 2.02. The van der Waals surface area contributed by atoms with Crippen LogP contribution in [-0.2, 0) is 19.6 Å². The fourth-order valence-electron chi connectivity index (χ4n) is 2.23. The molecule has 0 unspecified atom stereocenters. The molecule has 1 N–H and O–H groups in total. The minimum atomic E-state index is -3.84. The van der Waals surface area contributed by atoms with Gasteiger partial charge >= 0.3 is 5.97 Å². The third-order valence-electron chi connectivity index (χ3n) is 3.39. The molecule has 1 amide bonds. The van der Waals surface area contributed by atoms with Crippen LogP contribution in [0.2, 0.25) is 0 Å². The Labute approximate surface area is 150 Å². The molecule has 2 aromatic carbocycles. The zero-order valence-corrected chi connectivity index (χ0v) is 14.9. The summed E-state index contributed by atoms with van der Waals surface area (Å²) in [6, 6.07) is 11.0. The zero-order chi connectivity index (χ0) is 19.3. The van der Waals surface area contributed by atoms with Gasteiger partial charge in [-0.25, -0.2) is 17.6 Å². The minimum absolute atomic E-state index is 0.0175. The number of benzene rings is 2. The zero-order valence-electron chi connectivity index (χ0n) is 14.1. The highest BCUT2D eigenvalue weighted by Crippen LogP contribution is 2.20. The van der Waals surface area contributed by atoms with Crippen LogP contribution in [0.4, 0.5) is 15.8 Å². The van der Waals surface area contributed by atoms with Gasteiger partial charge in [0.25, 0.3) is 0 Å². The Morgan fingerprint density at radius 3 is 2.46 bits per heavy atom. The van der Waals surface area contributed by atoms with Crippen LogP contribution in [0.25, 0.3) is 0 Å². The molecular weight excluding hydrogens is 363 g/mol. The maximum absolute atomic E-state index is 13.4. The van der Waals surface area contributed by atoms with Gasteiger partial charge in [0.2, 0.25) is 15.9 Å². The first kappa shape index (κ1) is 19.4. The first-order valence-electron chi connectivity index (χ1n) is 7.43. The highest BCUT2D eigenvalue weighted by atomic mass is 32.2. The van der Waals surface area contributed by atoms with Crippen LogP contribution >= 0.6 is 0 Å². The van der Waals surface area contributed by atoms with Crippen molar-refractivity contribution in [3.05, 3.63) is 59.9 Å². The van der Waals surface area contributed by atoms with Gasteiger partial charge in [0.15, 0.2) is 0 Å². The lowest BCUT2D eigenvalue weighted by atomic mass is 10.2. The van der Waals surface area contributed by atoms with E-state index in [-0.39, 0.29) is 16.9 Å². The average Bonchev–Trinajstić information content (AvgIpc) is 2.58. The summed E-state index contributed by atoms with van der Waals surface area (Å²) < 4.78 is 42.8. The lowest BCUT2D eigenvalue weighted by Gasteiger charge is -2.22. The molecule has 0 heterocycles. The Morgan fingerprint density at radius 2 is 1.85 bits per heavy atom. The van der Waals surface area contributed by atoms with E-state index in [1.165, 1.54) is 31.4 Å². The molecule has 0 aliphatic heterocycles. The van der Waals surface area contributed by atoms with Crippen molar-refractivity contribution in [2.75, 3.05) is 29.5 Å². The number of halogens is 1. The normalized spacial score (nSPS) is 10.9. The van der Waals surface area contributed by atoms with E-state index in [1.807, 2.05) is 0 Å². The number of sulfonamides is 1. The average molecular weight is 380 g/mol. The summed E-state index contributed by atoms with van der Waals surface area (Å²) in [6.45, 7) is -0.586. The van der Waals surface area contributed by atoms with Crippen LogP contribution in [0, 0.1) is 5.82 Å². The van der Waals surface area contributed by atoms with Gasteiger partial charge in [-0.3, -0.25) is 9.10 Å². The van der Waals surface area contributed by atoms with Crippen molar-refractivity contribution in [1.29, 1.82) is 0 Å². The van der Waals surface area contributed by atoms with E-state index in [4.69, 9.17) is 0 Å². The Bertz CT molecular complexity index is 930. The third-order valence-corrected chi connectivity index (χ3v) is 4.53. The van der Waals surface area contributed by atoms with E-state index in [0.29, 0.717) is 0 Å². The SMILES string of the molecule is COC(=O)c1ccccc1NC(=O)CN(c1cccc(F)c1)S(C)(=O)=O. The van der Waals surface area contributed by atoms with Crippen molar-refractivity contribution in [3.63, 3.8) is 0 Å². The van der Waals surface area contributed by atoms with Crippen LogP contribution in [0.5, 0.6) is 0 Å². The summed E-state index contributed by atoms with van der Waals surface area (Å²) in [6.07, 6.45) is 0.910. The van der Waals surface area contributed by atoms with E-state index in [0.717, 1.165) is 22.7 Å². The van der Waals surface area contributed by atoms with Crippen LogP contribution < -0.4 is 9.62 Å². The second kappa shape index (κ2) is 7.96. The Balaban J connectivity index is 2.26. The Kier molecular flexibility index (Phi) is 5.93. The van der Waals surface area contributed by atoms with E-state index >= 15 is 0 Å². The number of carbonyl (C=O) groups excluding carboxylic acids is 2. The molecule has 0 aromatic heterocycles. The molecule has 0 aliphatic rings. The molecule has 0 spiro atoms. The second-order valence-corrected chi connectivity index (χ2v) is 7.24. The molecule has 0 bridgehead atoms. The molecule has 0 aliphatic carbocycles. The number of hydrogen-bond acceptors (Lipinski definition) is 5. The van der Waals surface area contributed by atoms with E-state index in [1.54, 1.807) is 12.1 Å². The Morgan fingerprint density at radius 1 is 1.15 bits per heavy atom. The number of anilines is 2. The smallest absolute Gasteiger partial charge is 0.339 e. The molecule has 0 radical (unpaired) electrons. The van der Waals surface area contributed by atoms with E-state index < -0.39 is 34.3 Å². The summed E-state index contributed by atoms with van der Waals surface area (Å²) in [5.74, 6) is -1.98. The van der Waals surface area contributed by atoms with Crippen molar-refractivity contribution < 1.29 is 27.1 Å². The highest BCUT2D eigenvalue weighted by Gasteiger charge is 2.22. The van der Waals surface area contributed by atoms with Crippen molar-refractivity contribution >= 4 is 33.3 Å². The number of rotatable bonds is 6. The van der Waals surface area contributed by atoms with Gasteiger partial charge in [0, 0.05) is 0 Å². The van der Waals surface area contributed by atoms with Crippen LogP contribution in [0.3, 0.4) is 0 Å². The molecule has 138 valence electrons. The third kappa shape index (κ3) is 4.79. The van der Waals surface area contributed by atoms with Gasteiger partial charge in [-0.05, 0) is 30.3 Å². The molecule has 0 atom stereocenters. The number of nitrogens with one attached hydrogen (secondary N) is 1. The number of para-hydroxylation sites is 1. The first-order valence-corrected chi connectivity index (χ1v) is 9.27. The summed E-state index contributed by atoms with van der Waals surface area (Å²) in [4.78, 5) is 24.1. The summed E-state index contributed by atoms with van der Waals surface area (Å²) in [7, 11) is -2.63. The number of hydrogen-bond donors (Lipinski definition) is 1. The topological polar surface area (TPSA) is 92.8 Å². The number of carbonyl (C=O) groups is 2. The monoisotopic (exact) mass is 380 g/mol. The lowest BCUT2D eigenvalue weighted by Crippen LogP contribution is -2.37. The second-order valence-electron chi connectivity index (χ2n) is 5.33. The first-order chi connectivity index (χ1) is 12.2. The molecule has 0 saturated carbocycles. The number of methoxy groups -OCH3 is 1. The molecule has 2 rings (SSSR count). The van der Waals surface area contributed by atoms with Gasteiger partial charge in [-0.15, -0.1) is 0 Å². The number of ether oxygens (including phenoxy) is 1. The van der Waals surface area contributed by atoms with Gasteiger partial charge in [0.05, 0.1) is 30.3 Å². The standard InChI is InChI=1S/C17H17FN2O5S/c1-25-17(22)14-8-3-4-9-15(14)19-16(21)11-20(26(2,23)24)13-7-5-6-12(18)10-13/h3-10H,11H2,1-2H3,(H,19,21). The number of amides is 1. The molecule has 7 nitrogen and oxygen atoms in total. The minimum Gasteiger partial charge on any atom is -0.465 e. The van der Waals surface area contributed by atoms with Crippen LogP contribution in [0.1, 0.15) is 10.4 Å². The molecule has 0 saturated heterocycles. The molecule has 0 fully saturated rings. The molecule has 26 heavy (non-hydrogen) atoms. The van der Waals surface area contributed by atoms with Gasteiger partial charge < -0.3 is 10.1 Å². The van der Waals surface area contributed by atoms with Crippen LogP contribution in [0.15, 0.2) is 48.5 Å². The molecule has 9 heteroatoms. The fraction of sp³-hybridized carbons (Fsp3) is 0.176. The van der Waals surface area contributed by atoms with E-state index in [2.05, 4.69) is 10.1 Å². The van der Waals surface area contributed by atoms with Crippen molar-refractivity contribution in [1.82, 2.24) is 0 Å². The van der Waals surface area contributed by atoms with Gasteiger partial charge in [-0.1, -0.05) is 18.2 Å². The molecule has 2 aromatic rings. The quantitative estimate of drug-likeness (QED) is 0.774. The largest absolute Gasteiger partial charge is 0.465 e. The van der Waals surface area contributed by atoms with Gasteiger partial charge in [-0.2, -0.15) is 0 Å². The van der Waals surface area contributed by atoms with Crippen molar-refractivity contribution in [2.24, 2.45) is 0 Å². The Hall–Kier alpha value is -2.94. The maximum atomic E-state index is 13.4. The lowest BCUT2D eigenvalue weighted by molar-refractivity contribution is -0.114. The molecular formula is C17H17FN2O5S. The van der Waals surface area contributed by atoms with Gasteiger partial charge in [0.1, 0.15) is 12.4 Å². The predicted molar refractivity (Wildman–Crippen MR) is 95.0 cm³/mol. The highest BCUT2D eigenvalue weighted by molar-refractivity contribution is 7.92. The maximum Gasteiger partial charge on any atom is 0.339 e. The summed E-state index contributed by atoms with van der Waals surface area (Å²) in [5.41, 5.74) is 0.320. The fourth-order valence-corrected chi connectivity index (χ4v) is 3.08.